The molecule has 0 radical (unpaired) electrons. The number of halogens is 1. The Morgan fingerprint density at radius 2 is 1.71 bits per heavy atom. The molecular formula is C23H20FN2O6S2-. The van der Waals surface area contributed by atoms with Gasteiger partial charge in [0.25, 0.3) is 10.0 Å². The van der Waals surface area contributed by atoms with Gasteiger partial charge in [0.15, 0.2) is 0 Å². The zero-order chi connectivity index (χ0) is 24.5. The summed E-state index contributed by atoms with van der Waals surface area (Å²) in [5, 5.41) is 0. The average molecular weight is 504 g/mol. The smallest absolute Gasteiger partial charge is 0.337 e. The Bertz CT molecular complexity index is 1340. The zero-order valence-electron chi connectivity index (χ0n) is 18.0. The Morgan fingerprint density at radius 1 is 1.06 bits per heavy atom. The fraction of sp³-hybridized carbons (Fsp3) is 0.174. The van der Waals surface area contributed by atoms with E-state index in [0.717, 1.165) is 22.0 Å². The minimum absolute atomic E-state index is 0.0604. The van der Waals surface area contributed by atoms with Crippen LogP contribution in [0.1, 0.15) is 22.3 Å². The number of hydrogen-bond donors (Lipinski definition) is 0. The molecule has 3 aromatic carbocycles. The third-order valence-electron chi connectivity index (χ3n) is 5.45. The summed E-state index contributed by atoms with van der Waals surface area (Å²) in [6, 6.07) is 15.1. The first-order valence-electron chi connectivity index (χ1n) is 10.2. The summed E-state index contributed by atoms with van der Waals surface area (Å²) in [4.78, 5) is 11.6. The van der Waals surface area contributed by atoms with Crippen molar-refractivity contribution in [2.24, 2.45) is 0 Å². The van der Waals surface area contributed by atoms with Gasteiger partial charge in [-0.2, -0.15) is 0 Å². The van der Waals surface area contributed by atoms with Gasteiger partial charge in [0.1, 0.15) is 5.82 Å². The van der Waals surface area contributed by atoms with Crippen molar-refractivity contribution in [1.82, 2.24) is 0 Å². The highest BCUT2D eigenvalue weighted by molar-refractivity contribution is 7.92. The van der Waals surface area contributed by atoms with E-state index in [-0.39, 0.29) is 28.4 Å². The topological polar surface area (TPSA) is 107 Å². The highest BCUT2D eigenvalue weighted by Gasteiger charge is 2.30. The molecule has 0 saturated carbocycles. The quantitative estimate of drug-likeness (QED) is 0.375. The molecule has 1 unspecified atom stereocenters. The monoisotopic (exact) mass is 503 g/mol. The van der Waals surface area contributed by atoms with Crippen molar-refractivity contribution in [3.8, 4) is 0 Å². The molecule has 0 N–H and O–H groups in total. The van der Waals surface area contributed by atoms with Gasteiger partial charge in [0.2, 0.25) is 0 Å². The third-order valence-corrected chi connectivity index (χ3v) is 8.00. The standard InChI is InChI=1S/C23H21FN2O6S2/c1-32-23(27)17-5-9-19(10-6-17)26(33(28)29)20-11-4-16-3-2-14-25(22(16)15-20)34(30,31)21-12-7-18(24)8-13-21/h4-13,15H,2-3,14H2,1H3,(H,28,29)/p-1. The van der Waals surface area contributed by atoms with Crippen LogP contribution >= 0.6 is 0 Å². The predicted molar refractivity (Wildman–Crippen MR) is 125 cm³/mol. The summed E-state index contributed by atoms with van der Waals surface area (Å²) in [6.45, 7) is 0.199. The van der Waals surface area contributed by atoms with Crippen molar-refractivity contribution in [3.63, 3.8) is 0 Å². The van der Waals surface area contributed by atoms with Crippen LogP contribution in [0.3, 0.4) is 0 Å². The number of esters is 1. The number of ether oxygens (including phenoxy) is 1. The van der Waals surface area contributed by atoms with E-state index in [0.29, 0.717) is 18.5 Å². The summed E-state index contributed by atoms with van der Waals surface area (Å²) < 4.78 is 71.1. The van der Waals surface area contributed by atoms with E-state index >= 15 is 0 Å². The van der Waals surface area contributed by atoms with Gasteiger partial charge in [-0.05, 0) is 79.1 Å². The lowest BCUT2D eigenvalue weighted by molar-refractivity contribution is 0.0600. The fourth-order valence-electron chi connectivity index (χ4n) is 3.81. The molecule has 3 aromatic rings. The lowest BCUT2D eigenvalue weighted by atomic mass is 10.0. The van der Waals surface area contributed by atoms with Crippen LogP contribution in [-0.2, 0) is 32.4 Å². The summed E-state index contributed by atoms with van der Waals surface area (Å²) in [5.74, 6) is -1.11. The molecule has 1 aliphatic heterocycles. The maximum absolute atomic E-state index is 13.3. The van der Waals surface area contributed by atoms with Crippen molar-refractivity contribution in [2.75, 3.05) is 22.3 Å². The van der Waals surface area contributed by atoms with Gasteiger partial charge in [0.05, 0.1) is 45.9 Å². The maximum Gasteiger partial charge on any atom is 0.337 e. The summed E-state index contributed by atoms with van der Waals surface area (Å²) in [7, 11) is -2.75. The van der Waals surface area contributed by atoms with Crippen LogP contribution in [0.15, 0.2) is 71.6 Å². The van der Waals surface area contributed by atoms with Gasteiger partial charge in [0, 0.05) is 6.54 Å². The molecule has 0 aliphatic carbocycles. The number of benzene rings is 3. The molecule has 4 rings (SSSR count). The fourth-order valence-corrected chi connectivity index (χ4v) is 5.92. The lowest BCUT2D eigenvalue weighted by Gasteiger charge is -2.33. The molecule has 11 heteroatoms. The van der Waals surface area contributed by atoms with Gasteiger partial charge in [-0.25, -0.2) is 17.6 Å². The molecule has 0 fully saturated rings. The zero-order valence-corrected chi connectivity index (χ0v) is 19.6. The number of fused-ring (bicyclic) bond motifs is 1. The molecule has 8 nitrogen and oxygen atoms in total. The number of nitrogens with zero attached hydrogens (tertiary/aromatic N) is 2. The minimum Gasteiger partial charge on any atom is -0.755 e. The normalized spacial score (nSPS) is 14.3. The van der Waals surface area contributed by atoms with Crippen LogP contribution in [0.5, 0.6) is 0 Å². The molecule has 1 aliphatic rings. The molecule has 0 amide bonds. The van der Waals surface area contributed by atoms with Crippen LogP contribution in [0, 0.1) is 5.82 Å². The van der Waals surface area contributed by atoms with E-state index in [9.17, 15) is 26.4 Å². The molecule has 34 heavy (non-hydrogen) atoms. The number of hydrogen-bond acceptors (Lipinski definition) is 6. The minimum atomic E-state index is -3.99. The highest BCUT2D eigenvalue weighted by Crippen LogP contribution is 2.37. The second-order valence-corrected chi connectivity index (χ2v) is 10.2. The van der Waals surface area contributed by atoms with Gasteiger partial charge in [-0.1, -0.05) is 6.07 Å². The third kappa shape index (κ3) is 4.54. The van der Waals surface area contributed by atoms with Gasteiger partial charge < -0.3 is 9.29 Å². The first kappa shape index (κ1) is 23.9. The summed E-state index contributed by atoms with van der Waals surface area (Å²) >= 11 is -2.74. The molecule has 0 saturated heterocycles. The largest absolute Gasteiger partial charge is 0.755 e. The highest BCUT2D eigenvalue weighted by atomic mass is 32.2. The van der Waals surface area contributed by atoms with E-state index in [1.54, 1.807) is 12.1 Å². The molecule has 0 bridgehead atoms. The Labute approximate surface area is 199 Å². The number of rotatable bonds is 6. The Morgan fingerprint density at radius 3 is 2.32 bits per heavy atom. The van der Waals surface area contributed by atoms with Crippen LogP contribution in [0.25, 0.3) is 0 Å². The van der Waals surface area contributed by atoms with E-state index in [2.05, 4.69) is 4.74 Å². The van der Waals surface area contributed by atoms with Crippen molar-refractivity contribution in [2.45, 2.75) is 17.7 Å². The molecular weight excluding hydrogens is 483 g/mol. The first-order chi connectivity index (χ1) is 16.2. The van der Waals surface area contributed by atoms with Gasteiger partial charge in [-0.3, -0.25) is 12.8 Å². The molecule has 1 heterocycles. The van der Waals surface area contributed by atoms with Crippen LogP contribution in [0.4, 0.5) is 21.5 Å². The lowest BCUT2D eigenvalue weighted by Crippen LogP contribution is -2.35. The molecule has 0 aromatic heterocycles. The first-order valence-corrected chi connectivity index (χ1v) is 12.7. The number of methoxy groups -OCH3 is 1. The Balaban J connectivity index is 1.75. The predicted octanol–water partition coefficient (Wildman–Crippen LogP) is 3.69. The van der Waals surface area contributed by atoms with Crippen LogP contribution in [0.2, 0.25) is 0 Å². The number of carbonyl (C=O) groups excluding carboxylic acids is 1. The second kappa shape index (κ2) is 9.53. The van der Waals surface area contributed by atoms with E-state index in [4.69, 9.17) is 0 Å². The van der Waals surface area contributed by atoms with Crippen molar-refractivity contribution >= 4 is 44.3 Å². The van der Waals surface area contributed by atoms with E-state index < -0.39 is 33.1 Å². The summed E-state index contributed by atoms with van der Waals surface area (Å²) in [6.07, 6.45) is 1.21. The van der Waals surface area contributed by atoms with Crippen molar-refractivity contribution in [1.29, 1.82) is 0 Å². The van der Waals surface area contributed by atoms with E-state index in [1.165, 1.54) is 53.9 Å². The molecule has 0 spiro atoms. The second-order valence-electron chi connectivity index (χ2n) is 7.50. The maximum atomic E-state index is 13.3. The van der Waals surface area contributed by atoms with Crippen molar-refractivity contribution < 1.29 is 31.1 Å². The number of sulfonamides is 1. The number of aryl methyl sites for hydroxylation is 1. The molecule has 178 valence electrons. The van der Waals surface area contributed by atoms with Crippen LogP contribution < -0.4 is 8.61 Å². The summed E-state index contributed by atoms with van der Waals surface area (Å²) in [5.41, 5.74) is 1.83. The Kier molecular flexibility index (Phi) is 6.69. The van der Waals surface area contributed by atoms with Gasteiger partial charge >= 0.3 is 5.97 Å². The van der Waals surface area contributed by atoms with Gasteiger partial charge in [-0.15, -0.1) is 0 Å². The molecule has 1 atom stereocenters. The van der Waals surface area contributed by atoms with E-state index in [1.807, 2.05) is 0 Å². The SMILES string of the molecule is COC(=O)c1ccc(N(c2ccc3c(c2)N(S(=O)(=O)c2ccc(F)cc2)CCC3)S(=O)[O-])cc1. The average Bonchev–Trinajstić information content (AvgIpc) is 2.83. The Hall–Kier alpha value is -3.28. The number of carbonyl (C=O) groups is 1. The van der Waals surface area contributed by atoms with Crippen LogP contribution in [-0.4, -0.2) is 36.8 Å². The number of anilines is 3. The van der Waals surface area contributed by atoms with Crippen molar-refractivity contribution in [3.05, 3.63) is 83.7 Å².